The molecule has 0 saturated carbocycles. The Morgan fingerprint density at radius 2 is 1.95 bits per heavy atom. The highest BCUT2D eigenvalue weighted by atomic mass is 32.2. The minimum absolute atomic E-state index is 0.423. The lowest BCUT2D eigenvalue weighted by Crippen LogP contribution is -2.37. The number of sulfonamides is 1. The third kappa shape index (κ3) is 5.34. The van der Waals surface area contributed by atoms with Gasteiger partial charge in [0.25, 0.3) is 0 Å². The fraction of sp³-hybridized carbons (Fsp3) is 0.714. The van der Waals surface area contributed by atoms with Gasteiger partial charge in [-0.3, -0.25) is 0 Å². The smallest absolute Gasteiger partial charge is 0.250 e. The second-order valence-electron chi connectivity index (χ2n) is 5.37. The largest absolute Gasteiger partial charge is 0.319 e. The fourth-order valence-corrected chi connectivity index (χ4v) is 4.90. The van der Waals surface area contributed by atoms with Crippen LogP contribution in [0, 0.1) is 0 Å². The standard InChI is InChI=1S/C14H25N3O2S2/c1-15-8-7-13-5-6-14(20-13)21(18,19)16-9-12-17-10-3-2-4-11-17/h5-6,15-16H,2-4,7-12H2,1H3. The highest BCUT2D eigenvalue weighted by Crippen LogP contribution is 2.21. The van der Waals surface area contributed by atoms with E-state index in [2.05, 4.69) is 14.9 Å². The van der Waals surface area contributed by atoms with Gasteiger partial charge in [0.1, 0.15) is 4.21 Å². The van der Waals surface area contributed by atoms with E-state index in [1.807, 2.05) is 13.1 Å². The highest BCUT2D eigenvalue weighted by Gasteiger charge is 2.17. The van der Waals surface area contributed by atoms with Gasteiger partial charge in [0.15, 0.2) is 0 Å². The molecule has 1 saturated heterocycles. The van der Waals surface area contributed by atoms with Crippen molar-refractivity contribution in [3.05, 3.63) is 17.0 Å². The molecule has 0 atom stereocenters. The summed E-state index contributed by atoms with van der Waals surface area (Å²) in [6, 6.07) is 3.61. The first-order valence-corrected chi connectivity index (χ1v) is 9.87. The van der Waals surface area contributed by atoms with Gasteiger partial charge in [0, 0.05) is 18.0 Å². The molecule has 7 heteroatoms. The molecule has 2 N–H and O–H groups in total. The molecule has 0 unspecified atom stereocenters. The van der Waals surface area contributed by atoms with Crippen molar-refractivity contribution in [3.8, 4) is 0 Å². The van der Waals surface area contributed by atoms with Gasteiger partial charge in [-0.05, 0) is 58.1 Å². The van der Waals surface area contributed by atoms with E-state index < -0.39 is 10.0 Å². The fourth-order valence-electron chi connectivity index (χ4n) is 2.48. The summed E-state index contributed by atoms with van der Waals surface area (Å²) in [4.78, 5) is 3.43. The molecule has 1 fully saturated rings. The molecule has 2 heterocycles. The summed E-state index contributed by atoms with van der Waals surface area (Å²) in [6.07, 6.45) is 4.62. The summed E-state index contributed by atoms with van der Waals surface area (Å²) in [7, 11) is -1.45. The summed E-state index contributed by atoms with van der Waals surface area (Å²) < 4.78 is 27.6. The van der Waals surface area contributed by atoms with Crippen LogP contribution in [0.15, 0.2) is 16.3 Å². The zero-order chi connectivity index (χ0) is 15.1. The van der Waals surface area contributed by atoms with Gasteiger partial charge in [0.05, 0.1) is 0 Å². The maximum absolute atomic E-state index is 12.2. The number of piperidine rings is 1. The van der Waals surface area contributed by atoms with Crippen LogP contribution in [0.4, 0.5) is 0 Å². The second-order valence-corrected chi connectivity index (χ2v) is 8.54. The summed E-state index contributed by atoms with van der Waals surface area (Å²) in [5, 5.41) is 3.07. The Morgan fingerprint density at radius 1 is 1.19 bits per heavy atom. The van der Waals surface area contributed by atoms with Gasteiger partial charge in [-0.25, -0.2) is 13.1 Å². The maximum Gasteiger partial charge on any atom is 0.250 e. The predicted octanol–water partition coefficient (Wildman–Crippen LogP) is 1.27. The van der Waals surface area contributed by atoms with Gasteiger partial charge in [-0.2, -0.15) is 0 Å². The zero-order valence-electron chi connectivity index (χ0n) is 12.6. The Morgan fingerprint density at radius 3 is 2.67 bits per heavy atom. The lowest BCUT2D eigenvalue weighted by molar-refractivity contribution is 0.233. The van der Waals surface area contributed by atoms with Gasteiger partial charge >= 0.3 is 0 Å². The van der Waals surface area contributed by atoms with Crippen LogP contribution in [0.25, 0.3) is 0 Å². The first-order chi connectivity index (χ1) is 10.1. The van der Waals surface area contributed by atoms with Crippen molar-refractivity contribution in [2.75, 3.05) is 39.8 Å². The molecule has 0 spiro atoms. The molecular weight excluding hydrogens is 306 g/mol. The molecule has 2 rings (SSSR count). The number of likely N-dealkylation sites (N-methyl/N-ethyl adjacent to an activating group) is 1. The Labute approximate surface area is 131 Å². The minimum Gasteiger partial charge on any atom is -0.319 e. The average Bonchev–Trinajstić information content (AvgIpc) is 2.96. The minimum atomic E-state index is -3.34. The van der Waals surface area contributed by atoms with Crippen LogP contribution in [0.2, 0.25) is 0 Å². The third-order valence-corrected chi connectivity index (χ3v) is 6.79. The van der Waals surface area contributed by atoms with E-state index >= 15 is 0 Å². The van der Waals surface area contributed by atoms with Crippen LogP contribution in [-0.2, 0) is 16.4 Å². The first-order valence-electron chi connectivity index (χ1n) is 7.57. The summed E-state index contributed by atoms with van der Waals surface area (Å²) in [5.41, 5.74) is 0. The van der Waals surface area contributed by atoms with Crippen molar-refractivity contribution in [1.82, 2.24) is 14.9 Å². The molecule has 21 heavy (non-hydrogen) atoms. The molecule has 5 nitrogen and oxygen atoms in total. The number of nitrogens with one attached hydrogen (secondary N) is 2. The van der Waals surface area contributed by atoms with Crippen molar-refractivity contribution in [2.24, 2.45) is 0 Å². The van der Waals surface area contributed by atoms with E-state index in [0.29, 0.717) is 10.8 Å². The maximum atomic E-state index is 12.2. The van der Waals surface area contributed by atoms with E-state index in [4.69, 9.17) is 0 Å². The van der Waals surface area contributed by atoms with Crippen LogP contribution >= 0.6 is 11.3 Å². The SMILES string of the molecule is CNCCc1ccc(S(=O)(=O)NCCN2CCCCC2)s1. The van der Waals surface area contributed by atoms with E-state index in [-0.39, 0.29) is 0 Å². The van der Waals surface area contributed by atoms with E-state index in [1.54, 1.807) is 6.07 Å². The third-order valence-electron chi connectivity index (χ3n) is 3.69. The van der Waals surface area contributed by atoms with Crippen LogP contribution in [-0.4, -0.2) is 53.1 Å². The molecule has 0 amide bonds. The molecule has 0 bridgehead atoms. The van der Waals surface area contributed by atoms with Crippen molar-refractivity contribution < 1.29 is 8.42 Å². The van der Waals surface area contributed by atoms with Crippen molar-refractivity contribution >= 4 is 21.4 Å². The Kier molecular flexibility index (Phi) is 6.63. The number of nitrogens with zero attached hydrogens (tertiary/aromatic N) is 1. The molecule has 1 aromatic rings. The molecule has 1 aromatic heterocycles. The monoisotopic (exact) mass is 331 g/mol. The summed E-state index contributed by atoms with van der Waals surface area (Å²) >= 11 is 1.36. The van der Waals surface area contributed by atoms with E-state index in [9.17, 15) is 8.42 Å². The Hall–Kier alpha value is -0.470. The van der Waals surface area contributed by atoms with E-state index in [0.717, 1.165) is 37.5 Å². The predicted molar refractivity (Wildman–Crippen MR) is 87.4 cm³/mol. The number of likely N-dealkylation sites (tertiary alicyclic amines) is 1. The Balaban J connectivity index is 1.81. The molecule has 0 radical (unpaired) electrons. The van der Waals surface area contributed by atoms with Crippen molar-refractivity contribution in [1.29, 1.82) is 0 Å². The zero-order valence-corrected chi connectivity index (χ0v) is 14.2. The summed E-state index contributed by atoms with van der Waals surface area (Å²) in [6.45, 7) is 4.34. The molecule has 0 aromatic carbocycles. The van der Waals surface area contributed by atoms with E-state index in [1.165, 1.54) is 30.6 Å². The highest BCUT2D eigenvalue weighted by molar-refractivity contribution is 7.91. The second kappa shape index (κ2) is 8.24. The Bertz CT molecular complexity index is 522. The van der Waals surface area contributed by atoms with Crippen molar-refractivity contribution in [3.63, 3.8) is 0 Å². The lowest BCUT2D eigenvalue weighted by atomic mass is 10.1. The first kappa shape index (κ1) is 16.9. The van der Waals surface area contributed by atoms with Gasteiger partial charge in [-0.1, -0.05) is 6.42 Å². The number of thiophene rings is 1. The molecule has 0 aliphatic carbocycles. The number of hydrogen-bond acceptors (Lipinski definition) is 5. The lowest BCUT2D eigenvalue weighted by Gasteiger charge is -2.26. The number of rotatable bonds is 8. The quantitative estimate of drug-likeness (QED) is 0.753. The topological polar surface area (TPSA) is 61.4 Å². The van der Waals surface area contributed by atoms with Crippen LogP contribution in [0.5, 0.6) is 0 Å². The molecular formula is C14H25N3O2S2. The molecule has 1 aliphatic heterocycles. The average molecular weight is 332 g/mol. The van der Waals surface area contributed by atoms with Crippen LogP contribution in [0.3, 0.4) is 0 Å². The van der Waals surface area contributed by atoms with Crippen LogP contribution in [0.1, 0.15) is 24.1 Å². The van der Waals surface area contributed by atoms with Gasteiger partial charge in [-0.15, -0.1) is 11.3 Å². The molecule has 1 aliphatic rings. The van der Waals surface area contributed by atoms with Gasteiger partial charge < -0.3 is 10.2 Å². The number of hydrogen-bond donors (Lipinski definition) is 2. The molecule has 120 valence electrons. The van der Waals surface area contributed by atoms with Crippen LogP contribution < -0.4 is 10.0 Å². The normalized spacial score (nSPS) is 17.2. The van der Waals surface area contributed by atoms with Crippen molar-refractivity contribution in [2.45, 2.75) is 29.9 Å². The van der Waals surface area contributed by atoms with Gasteiger partial charge in [0.2, 0.25) is 10.0 Å². The summed E-state index contributed by atoms with van der Waals surface area (Å²) in [5.74, 6) is 0.